The molecule has 0 aliphatic heterocycles. The summed E-state index contributed by atoms with van der Waals surface area (Å²) in [5.41, 5.74) is 6.66. The van der Waals surface area contributed by atoms with Crippen molar-refractivity contribution in [1.82, 2.24) is 5.32 Å². The van der Waals surface area contributed by atoms with Gasteiger partial charge in [0.2, 0.25) is 5.91 Å². The molecule has 2 unspecified atom stereocenters. The molecule has 0 aromatic heterocycles. The molecule has 3 N–H and O–H groups in total. The Hall–Kier alpha value is -1.68. The Morgan fingerprint density at radius 3 is 2.67 bits per heavy atom. The van der Waals surface area contributed by atoms with Crippen molar-refractivity contribution in [2.45, 2.75) is 31.3 Å². The predicted molar refractivity (Wildman–Crippen MR) is 69.2 cm³/mol. The second-order valence-electron chi connectivity index (χ2n) is 4.59. The minimum Gasteiger partial charge on any atom is -0.348 e. The van der Waals surface area contributed by atoms with Crippen LogP contribution in [0.1, 0.15) is 24.8 Å². The van der Waals surface area contributed by atoms with Crippen LogP contribution in [-0.2, 0) is 4.79 Å². The fourth-order valence-electron chi connectivity index (χ4n) is 2.14. The first kappa shape index (κ1) is 12.8. The normalized spacial score (nSPS) is 23.4. The van der Waals surface area contributed by atoms with Crippen LogP contribution in [0.25, 0.3) is 6.08 Å². The summed E-state index contributed by atoms with van der Waals surface area (Å²) in [5, 5.41) is 2.89. The van der Waals surface area contributed by atoms with E-state index in [0.29, 0.717) is 0 Å². The monoisotopic (exact) mass is 248 g/mol. The summed E-state index contributed by atoms with van der Waals surface area (Å²) in [6.45, 7) is 0. The van der Waals surface area contributed by atoms with Crippen molar-refractivity contribution in [1.29, 1.82) is 0 Å². The van der Waals surface area contributed by atoms with Gasteiger partial charge in [0.25, 0.3) is 0 Å². The van der Waals surface area contributed by atoms with Crippen LogP contribution in [-0.4, -0.2) is 18.0 Å². The van der Waals surface area contributed by atoms with Gasteiger partial charge in [-0.05, 0) is 43.0 Å². The van der Waals surface area contributed by atoms with E-state index in [-0.39, 0.29) is 23.8 Å². The Labute approximate surface area is 106 Å². The second kappa shape index (κ2) is 5.78. The lowest BCUT2D eigenvalue weighted by molar-refractivity contribution is -0.117. The van der Waals surface area contributed by atoms with Crippen LogP contribution in [0.5, 0.6) is 0 Å². The minimum atomic E-state index is -0.284. The Bertz CT molecular complexity index is 442. The van der Waals surface area contributed by atoms with Gasteiger partial charge < -0.3 is 11.1 Å². The van der Waals surface area contributed by atoms with Crippen LogP contribution in [0.4, 0.5) is 4.39 Å². The molecular weight excluding hydrogens is 231 g/mol. The highest BCUT2D eigenvalue weighted by Crippen LogP contribution is 2.16. The molecule has 96 valence electrons. The Morgan fingerprint density at radius 2 is 2.06 bits per heavy atom. The maximum atomic E-state index is 12.7. The highest BCUT2D eigenvalue weighted by atomic mass is 19.1. The first-order valence-corrected chi connectivity index (χ1v) is 6.15. The SMILES string of the molecule is NC1CCCC1NC(=O)/C=C/c1ccc(F)cc1. The largest absolute Gasteiger partial charge is 0.348 e. The maximum Gasteiger partial charge on any atom is 0.244 e. The highest BCUT2D eigenvalue weighted by Gasteiger charge is 2.24. The van der Waals surface area contributed by atoms with Gasteiger partial charge in [0, 0.05) is 18.2 Å². The lowest BCUT2D eigenvalue weighted by atomic mass is 10.2. The van der Waals surface area contributed by atoms with E-state index in [2.05, 4.69) is 5.32 Å². The zero-order chi connectivity index (χ0) is 13.0. The Kier molecular flexibility index (Phi) is 4.10. The average molecular weight is 248 g/mol. The van der Waals surface area contributed by atoms with E-state index < -0.39 is 0 Å². The maximum absolute atomic E-state index is 12.7. The van der Waals surface area contributed by atoms with Gasteiger partial charge in [-0.25, -0.2) is 4.39 Å². The van der Waals surface area contributed by atoms with Crippen LogP contribution in [0, 0.1) is 5.82 Å². The molecule has 3 nitrogen and oxygen atoms in total. The second-order valence-corrected chi connectivity index (χ2v) is 4.59. The molecule has 4 heteroatoms. The van der Waals surface area contributed by atoms with Gasteiger partial charge in [0.05, 0.1) is 0 Å². The van der Waals surface area contributed by atoms with Gasteiger partial charge in [-0.15, -0.1) is 0 Å². The topological polar surface area (TPSA) is 55.1 Å². The number of halogens is 1. The van der Waals surface area contributed by atoms with E-state index in [1.165, 1.54) is 18.2 Å². The number of nitrogens with two attached hydrogens (primary N) is 1. The van der Waals surface area contributed by atoms with Crippen molar-refractivity contribution in [2.24, 2.45) is 5.73 Å². The van der Waals surface area contributed by atoms with Crippen molar-refractivity contribution in [3.05, 3.63) is 41.7 Å². The molecule has 2 atom stereocenters. The molecule has 1 aromatic rings. The molecule has 0 bridgehead atoms. The van der Waals surface area contributed by atoms with Gasteiger partial charge in [0.1, 0.15) is 5.82 Å². The molecule has 1 saturated carbocycles. The minimum absolute atomic E-state index is 0.0631. The number of nitrogens with one attached hydrogen (secondary N) is 1. The number of carbonyl (C=O) groups excluding carboxylic acids is 1. The third kappa shape index (κ3) is 3.40. The third-order valence-electron chi connectivity index (χ3n) is 3.19. The van der Waals surface area contributed by atoms with Crippen LogP contribution in [0.15, 0.2) is 30.3 Å². The summed E-state index contributed by atoms with van der Waals surface area (Å²) in [6, 6.07) is 6.12. The van der Waals surface area contributed by atoms with Crippen molar-refractivity contribution in [3.8, 4) is 0 Å². The van der Waals surface area contributed by atoms with Gasteiger partial charge in [-0.2, -0.15) is 0 Å². The first-order valence-electron chi connectivity index (χ1n) is 6.15. The van der Waals surface area contributed by atoms with Crippen LogP contribution in [0.3, 0.4) is 0 Å². The smallest absolute Gasteiger partial charge is 0.244 e. The molecule has 1 aliphatic rings. The lowest BCUT2D eigenvalue weighted by Crippen LogP contribution is -2.43. The van der Waals surface area contributed by atoms with Gasteiger partial charge in [0.15, 0.2) is 0 Å². The predicted octanol–water partition coefficient (Wildman–Crippen LogP) is 1.83. The zero-order valence-corrected chi connectivity index (χ0v) is 10.1. The molecule has 0 saturated heterocycles. The molecule has 2 rings (SSSR count). The van der Waals surface area contributed by atoms with Gasteiger partial charge in [-0.1, -0.05) is 12.1 Å². The van der Waals surface area contributed by atoms with E-state index >= 15 is 0 Å². The number of hydrogen-bond acceptors (Lipinski definition) is 2. The van der Waals surface area contributed by atoms with E-state index in [4.69, 9.17) is 5.73 Å². The molecule has 1 aliphatic carbocycles. The number of amides is 1. The Morgan fingerprint density at radius 1 is 1.33 bits per heavy atom. The van der Waals surface area contributed by atoms with Crippen molar-refractivity contribution >= 4 is 12.0 Å². The molecule has 18 heavy (non-hydrogen) atoms. The highest BCUT2D eigenvalue weighted by molar-refractivity contribution is 5.91. The van der Waals surface area contributed by atoms with Gasteiger partial charge >= 0.3 is 0 Å². The molecular formula is C14H17FN2O. The summed E-state index contributed by atoms with van der Waals surface area (Å²) in [5.74, 6) is -0.435. The van der Waals surface area contributed by atoms with E-state index in [0.717, 1.165) is 24.8 Å². The molecule has 0 heterocycles. The fourth-order valence-corrected chi connectivity index (χ4v) is 2.14. The van der Waals surface area contributed by atoms with Crippen molar-refractivity contribution in [3.63, 3.8) is 0 Å². The first-order chi connectivity index (χ1) is 8.65. The third-order valence-corrected chi connectivity index (χ3v) is 3.19. The van der Waals surface area contributed by atoms with Crippen LogP contribution >= 0.6 is 0 Å². The zero-order valence-electron chi connectivity index (χ0n) is 10.1. The summed E-state index contributed by atoms with van der Waals surface area (Å²) >= 11 is 0. The summed E-state index contributed by atoms with van der Waals surface area (Å²) in [4.78, 5) is 11.7. The van der Waals surface area contributed by atoms with Crippen molar-refractivity contribution < 1.29 is 9.18 Å². The molecule has 1 amide bonds. The fraction of sp³-hybridized carbons (Fsp3) is 0.357. The number of rotatable bonds is 3. The van der Waals surface area contributed by atoms with Gasteiger partial charge in [-0.3, -0.25) is 4.79 Å². The van der Waals surface area contributed by atoms with Crippen LogP contribution < -0.4 is 11.1 Å². The average Bonchev–Trinajstić information content (AvgIpc) is 2.74. The van der Waals surface area contributed by atoms with E-state index in [1.807, 2.05) is 0 Å². The molecule has 0 spiro atoms. The standard InChI is InChI=1S/C14H17FN2O/c15-11-7-4-10(5-8-11)6-9-14(18)17-13-3-1-2-12(13)16/h4-9,12-13H,1-3,16H2,(H,17,18)/b9-6+. The quantitative estimate of drug-likeness (QED) is 0.802. The summed E-state index contributed by atoms with van der Waals surface area (Å²) in [6.07, 6.45) is 6.09. The number of benzene rings is 1. The Balaban J connectivity index is 1.88. The molecule has 0 radical (unpaired) electrons. The van der Waals surface area contributed by atoms with E-state index in [9.17, 15) is 9.18 Å². The molecule has 1 fully saturated rings. The molecule has 1 aromatic carbocycles. The van der Waals surface area contributed by atoms with Crippen LogP contribution in [0.2, 0.25) is 0 Å². The van der Waals surface area contributed by atoms with Crippen molar-refractivity contribution in [2.75, 3.05) is 0 Å². The number of hydrogen-bond donors (Lipinski definition) is 2. The summed E-state index contributed by atoms with van der Waals surface area (Å²) in [7, 11) is 0. The van der Waals surface area contributed by atoms with E-state index in [1.54, 1.807) is 18.2 Å². The summed E-state index contributed by atoms with van der Waals surface area (Å²) < 4.78 is 12.7. The lowest BCUT2D eigenvalue weighted by Gasteiger charge is -2.15. The number of carbonyl (C=O) groups is 1.